The van der Waals surface area contributed by atoms with Crippen molar-refractivity contribution in [1.82, 2.24) is 35.5 Å². The average molecular weight is 519 g/mol. The minimum absolute atomic E-state index is 0.0149. The highest BCUT2D eigenvalue weighted by molar-refractivity contribution is 5.96. The fourth-order valence-electron chi connectivity index (χ4n) is 5.23. The zero-order chi connectivity index (χ0) is 26.2. The fraction of sp³-hybridized carbons (Fsp3) is 0.207. The summed E-state index contributed by atoms with van der Waals surface area (Å²) in [5, 5.41) is 13.9. The largest absolute Gasteiger partial charge is 0.472 e. The number of furan rings is 1. The van der Waals surface area contributed by atoms with Gasteiger partial charge in [0.15, 0.2) is 11.5 Å². The topological polar surface area (TPSA) is 137 Å². The van der Waals surface area contributed by atoms with Gasteiger partial charge < -0.3 is 20.0 Å². The van der Waals surface area contributed by atoms with Gasteiger partial charge in [0.2, 0.25) is 5.91 Å². The van der Waals surface area contributed by atoms with Gasteiger partial charge in [-0.1, -0.05) is 12.1 Å². The number of hydrogen-bond acceptors (Lipinski definition) is 7. The van der Waals surface area contributed by atoms with E-state index in [0.717, 1.165) is 64.9 Å². The maximum atomic E-state index is 12.6. The number of para-hydroxylation sites is 1. The van der Waals surface area contributed by atoms with Crippen molar-refractivity contribution in [3.8, 4) is 33.9 Å². The number of aromatic nitrogens is 6. The van der Waals surface area contributed by atoms with Crippen molar-refractivity contribution < 1.29 is 9.21 Å². The molecule has 1 fully saturated rings. The molecule has 0 saturated carbocycles. The smallest absolute Gasteiger partial charge is 0.224 e. The van der Waals surface area contributed by atoms with Gasteiger partial charge in [0.25, 0.3) is 0 Å². The highest BCUT2D eigenvalue weighted by Gasteiger charge is 2.19. The monoisotopic (exact) mass is 518 g/mol. The number of benzene rings is 1. The van der Waals surface area contributed by atoms with Gasteiger partial charge in [-0.3, -0.25) is 14.9 Å². The molecule has 4 N–H and O–H groups in total. The number of piperidine rings is 1. The molecule has 10 nitrogen and oxygen atoms in total. The highest BCUT2D eigenvalue weighted by Crippen LogP contribution is 2.32. The van der Waals surface area contributed by atoms with Crippen LogP contribution in [-0.2, 0) is 4.79 Å². The highest BCUT2D eigenvalue weighted by atomic mass is 16.3. The number of rotatable bonds is 6. The van der Waals surface area contributed by atoms with Crippen LogP contribution in [0.5, 0.6) is 0 Å². The third kappa shape index (κ3) is 4.55. The van der Waals surface area contributed by atoms with Crippen LogP contribution in [0.15, 0.2) is 71.8 Å². The molecule has 5 aromatic heterocycles. The zero-order valence-corrected chi connectivity index (χ0v) is 21.1. The Morgan fingerprint density at radius 3 is 2.79 bits per heavy atom. The van der Waals surface area contributed by atoms with Gasteiger partial charge in [-0.15, -0.1) is 0 Å². The molecule has 0 radical (unpaired) electrons. The predicted octanol–water partition coefficient (Wildman–Crippen LogP) is 5.15. The summed E-state index contributed by atoms with van der Waals surface area (Å²) >= 11 is 0. The van der Waals surface area contributed by atoms with Crippen LogP contribution < -0.4 is 10.6 Å². The molecule has 0 aliphatic carbocycles. The number of carbonyl (C=O) groups is 1. The molecule has 194 valence electrons. The molecule has 1 aromatic carbocycles. The van der Waals surface area contributed by atoms with Crippen molar-refractivity contribution in [2.45, 2.75) is 19.3 Å². The molecule has 6 heterocycles. The summed E-state index contributed by atoms with van der Waals surface area (Å²) in [6.45, 7) is 1.94. The summed E-state index contributed by atoms with van der Waals surface area (Å²) in [5.41, 5.74) is 7.96. The number of imidazole rings is 1. The van der Waals surface area contributed by atoms with E-state index in [-0.39, 0.29) is 5.91 Å². The standard InChI is InChI=1S/C29H26N8O2/c38-25(12-17-6-9-30-10-7-17)32-20-13-19(14-31-15-20)22-4-5-24-27(33-22)28(37-36-24)29-34-23-3-1-2-21(26(23)35-29)18-8-11-39-16-18/h1-5,8,11,13-17,30H,6-7,9-10,12H2,(H,32,38)(H,34,35)(H,36,37). The van der Waals surface area contributed by atoms with Crippen LogP contribution >= 0.6 is 0 Å². The summed E-state index contributed by atoms with van der Waals surface area (Å²) in [5.74, 6) is 1.05. The number of nitrogens with zero attached hydrogens (tertiary/aromatic N) is 4. The van der Waals surface area contributed by atoms with Gasteiger partial charge in [0.05, 0.1) is 46.7 Å². The first kappa shape index (κ1) is 23.3. The van der Waals surface area contributed by atoms with Crippen molar-refractivity contribution in [2.24, 2.45) is 5.92 Å². The summed E-state index contributed by atoms with van der Waals surface area (Å²) in [6, 6.07) is 13.7. The van der Waals surface area contributed by atoms with E-state index < -0.39 is 0 Å². The number of anilines is 1. The Hall–Kier alpha value is -4.83. The molecule has 6 aromatic rings. The molecule has 39 heavy (non-hydrogen) atoms. The van der Waals surface area contributed by atoms with Gasteiger partial charge in [-0.2, -0.15) is 5.10 Å². The van der Waals surface area contributed by atoms with Gasteiger partial charge in [0, 0.05) is 29.3 Å². The summed E-state index contributed by atoms with van der Waals surface area (Å²) < 4.78 is 5.28. The van der Waals surface area contributed by atoms with Crippen molar-refractivity contribution in [3.63, 3.8) is 0 Å². The SMILES string of the molecule is O=C(CC1CCNCC1)Nc1cncc(-c2ccc3[nH]nc(-c4nc5c(-c6ccoc6)cccc5[nH]4)c3n2)c1. The number of H-pyrrole nitrogens is 2. The van der Waals surface area contributed by atoms with Crippen molar-refractivity contribution in [1.29, 1.82) is 0 Å². The lowest BCUT2D eigenvalue weighted by atomic mass is 9.94. The van der Waals surface area contributed by atoms with Crippen LogP contribution in [0.3, 0.4) is 0 Å². The second-order valence-corrected chi connectivity index (χ2v) is 9.87. The number of nitrogens with one attached hydrogen (secondary N) is 4. The fourth-order valence-corrected chi connectivity index (χ4v) is 5.23. The van der Waals surface area contributed by atoms with Crippen molar-refractivity contribution in [2.75, 3.05) is 18.4 Å². The maximum absolute atomic E-state index is 12.6. The van der Waals surface area contributed by atoms with E-state index in [2.05, 4.69) is 30.8 Å². The molecule has 7 rings (SSSR count). The van der Waals surface area contributed by atoms with Crippen LogP contribution in [0.2, 0.25) is 0 Å². The molecule has 0 bridgehead atoms. The first-order chi connectivity index (χ1) is 19.2. The quantitative estimate of drug-likeness (QED) is 0.239. The number of fused-ring (bicyclic) bond motifs is 2. The van der Waals surface area contributed by atoms with Crippen LogP contribution in [0, 0.1) is 5.92 Å². The molecule has 0 unspecified atom stereocenters. The first-order valence-corrected chi connectivity index (χ1v) is 13.0. The lowest BCUT2D eigenvalue weighted by molar-refractivity contribution is -0.117. The second-order valence-electron chi connectivity index (χ2n) is 9.87. The van der Waals surface area contributed by atoms with Gasteiger partial charge >= 0.3 is 0 Å². The lowest BCUT2D eigenvalue weighted by Crippen LogP contribution is -2.30. The Labute approximate surface area is 223 Å². The minimum atomic E-state index is 0.0149. The van der Waals surface area contributed by atoms with Crippen molar-refractivity contribution >= 4 is 33.7 Å². The first-order valence-electron chi connectivity index (χ1n) is 13.0. The third-order valence-corrected chi connectivity index (χ3v) is 7.23. The number of pyridine rings is 2. The van der Waals surface area contributed by atoms with E-state index >= 15 is 0 Å². The Bertz CT molecular complexity index is 1780. The van der Waals surface area contributed by atoms with Crippen LogP contribution in [0.4, 0.5) is 5.69 Å². The summed E-state index contributed by atoms with van der Waals surface area (Å²) in [4.78, 5) is 30.2. The lowest BCUT2D eigenvalue weighted by Gasteiger charge is -2.21. The van der Waals surface area contributed by atoms with Crippen molar-refractivity contribution in [3.05, 3.63) is 67.4 Å². The van der Waals surface area contributed by atoms with E-state index in [1.165, 1.54) is 0 Å². The van der Waals surface area contributed by atoms with Crippen LogP contribution in [0.1, 0.15) is 19.3 Å². The Morgan fingerprint density at radius 2 is 1.92 bits per heavy atom. The molecule has 1 saturated heterocycles. The number of hydrogen-bond donors (Lipinski definition) is 4. The molecule has 1 aliphatic rings. The van der Waals surface area contributed by atoms with E-state index in [4.69, 9.17) is 14.4 Å². The normalized spacial score (nSPS) is 14.3. The van der Waals surface area contributed by atoms with E-state index in [1.807, 2.05) is 42.5 Å². The van der Waals surface area contributed by atoms with Gasteiger partial charge in [0.1, 0.15) is 5.52 Å². The molecule has 0 atom stereocenters. The Balaban J connectivity index is 1.19. The summed E-state index contributed by atoms with van der Waals surface area (Å²) in [6.07, 6.45) is 9.34. The Morgan fingerprint density at radius 1 is 1.00 bits per heavy atom. The van der Waals surface area contributed by atoms with Gasteiger partial charge in [-0.05, 0) is 62.2 Å². The maximum Gasteiger partial charge on any atom is 0.224 e. The number of aromatic amines is 2. The zero-order valence-electron chi connectivity index (χ0n) is 21.1. The third-order valence-electron chi connectivity index (χ3n) is 7.23. The molecule has 10 heteroatoms. The molecule has 1 aliphatic heterocycles. The minimum Gasteiger partial charge on any atom is -0.472 e. The van der Waals surface area contributed by atoms with Crippen LogP contribution in [0.25, 0.3) is 56.0 Å². The van der Waals surface area contributed by atoms with Crippen LogP contribution in [-0.4, -0.2) is 49.1 Å². The number of amides is 1. The Kier molecular flexibility index (Phi) is 5.86. The molecule has 0 spiro atoms. The molecular formula is C29H26N8O2. The molecule has 1 amide bonds. The summed E-state index contributed by atoms with van der Waals surface area (Å²) in [7, 11) is 0. The number of carbonyl (C=O) groups excluding carboxylic acids is 1. The van der Waals surface area contributed by atoms with E-state index in [9.17, 15) is 4.79 Å². The second kappa shape index (κ2) is 9.80. The van der Waals surface area contributed by atoms with Gasteiger partial charge in [-0.25, -0.2) is 9.97 Å². The average Bonchev–Trinajstić information content (AvgIpc) is 3.73. The van der Waals surface area contributed by atoms with E-state index in [0.29, 0.717) is 35.1 Å². The molecular weight excluding hydrogens is 492 g/mol. The van der Waals surface area contributed by atoms with E-state index in [1.54, 1.807) is 24.9 Å². The predicted molar refractivity (Wildman–Crippen MR) is 149 cm³/mol.